The van der Waals surface area contributed by atoms with E-state index >= 15 is 0 Å². The second kappa shape index (κ2) is 7.86. The van der Waals surface area contributed by atoms with E-state index in [2.05, 4.69) is 53.4 Å². The number of fused-ring (bicyclic) bond motifs is 1. The van der Waals surface area contributed by atoms with E-state index in [1.807, 2.05) is 30.3 Å². The fourth-order valence-corrected chi connectivity index (χ4v) is 4.18. The van der Waals surface area contributed by atoms with Crippen molar-refractivity contribution in [3.63, 3.8) is 0 Å². The van der Waals surface area contributed by atoms with Gasteiger partial charge in [0.1, 0.15) is 5.82 Å². The number of anilines is 1. The Labute approximate surface area is 175 Å². The second-order valence-corrected chi connectivity index (χ2v) is 7.61. The molecule has 1 aliphatic rings. The zero-order chi connectivity index (χ0) is 19.6. The van der Waals surface area contributed by atoms with Gasteiger partial charge < -0.3 is 9.64 Å². The van der Waals surface area contributed by atoms with Crippen LogP contribution in [0.4, 0.5) is 5.82 Å². The van der Waals surface area contributed by atoms with E-state index in [-0.39, 0.29) is 0 Å². The van der Waals surface area contributed by atoms with E-state index in [1.165, 1.54) is 5.56 Å². The van der Waals surface area contributed by atoms with Gasteiger partial charge in [-0.25, -0.2) is 4.98 Å². The highest BCUT2D eigenvalue weighted by Crippen LogP contribution is 2.43. The van der Waals surface area contributed by atoms with Crippen molar-refractivity contribution in [1.29, 1.82) is 0 Å². The Bertz CT molecular complexity index is 1140. The average molecular weight is 401 g/mol. The number of aromatic nitrogens is 1. The van der Waals surface area contributed by atoms with Gasteiger partial charge in [-0.05, 0) is 29.3 Å². The Kier molecular flexibility index (Phi) is 4.92. The predicted octanol–water partition coefficient (Wildman–Crippen LogP) is 6.06. The molecule has 1 saturated heterocycles. The summed E-state index contributed by atoms with van der Waals surface area (Å²) in [6.45, 7) is 3.10. The molecule has 3 nitrogen and oxygen atoms in total. The van der Waals surface area contributed by atoms with E-state index in [9.17, 15) is 0 Å². The highest BCUT2D eigenvalue weighted by molar-refractivity contribution is 6.31. The summed E-state index contributed by atoms with van der Waals surface area (Å²) >= 11 is 6.41. The maximum absolute atomic E-state index is 6.41. The van der Waals surface area contributed by atoms with Gasteiger partial charge in [-0.3, -0.25) is 0 Å². The fraction of sp³-hybridized carbons (Fsp3) is 0.160. The van der Waals surface area contributed by atoms with Gasteiger partial charge in [-0.1, -0.05) is 72.3 Å². The van der Waals surface area contributed by atoms with Crippen molar-refractivity contribution in [3.8, 4) is 22.3 Å². The zero-order valence-electron chi connectivity index (χ0n) is 16.0. The van der Waals surface area contributed by atoms with E-state index in [1.54, 1.807) is 0 Å². The quantitative estimate of drug-likeness (QED) is 0.418. The van der Waals surface area contributed by atoms with Crippen molar-refractivity contribution in [2.45, 2.75) is 0 Å². The summed E-state index contributed by atoms with van der Waals surface area (Å²) in [6.07, 6.45) is 0. The highest BCUT2D eigenvalue weighted by Gasteiger charge is 2.23. The second-order valence-electron chi connectivity index (χ2n) is 7.18. The number of ether oxygens (including phenoxy) is 1. The van der Waals surface area contributed by atoms with Gasteiger partial charge in [0.05, 0.1) is 18.7 Å². The summed E-state index contributed by atoms with van der Waals surface area (Å²) in [5.74, 6) is 1.01. The van der Waals surface area contributed by atoms with Crippen molar-refractivity contribution in [1.82, 2.24) is 4.98 Å². The molecule has 0 spiro atoms. The molecule has 0 N–H and O–H groups in total. The third-order valence-corrected chi connectivity index (χ3v) is 5.60. The first-order chi connectivity index (χ1) is 14.3. The lowest BCUT2D eigenvalue weighted by atomic mass is 9.91. The van der Waals surface area contributed by atoms with Gasteiger partial charge in [0, 0.05) is 34.6 Å². The summed E-state index contributed by atoms with van der Waals surface area (Å²) in [5, 5.41) is 1.79. The maximum atomic E-state index is 6.41. The van der Waals surface area contributed by atoms with Crippen LogP contribution < -0.4 is 4.90 Å². The lowest BCUT2D eigenvalue weighted by Gasteiger charge is -2.31. The lowest BCUT2D eigenvalue weighted by Crippen LogP contribution is -2.37. The van der Waals surface area contributed by atoms with Crippen molar-refractivity contribution in [2.75, 3.05) is 31.2 Å². The van der Waals surface area contributed by atoms with E-state index in [4.69, 9.17) is 21.3 Å². The lowest BCUT2D eigenvalue weighted by molar-refractivity contribution is 0.122. The van der Waals surface area contributed by atoms with Crippen LogP contribution in [0.15, 0.2) is 78.9 Å². The summed E-state index contributed by atoms with van der Waals surface area (Å²) in [7, 11) is 0. The molecule has 0 atom stereocenters. The number of hydrogen-bond acceptors (Lipinski definition) is 3. The molecular formula is C25H21ClN2O. The van der Waals surface area contributed by atoms with Gasteiger partial charge >= 0.3 is 0 Å². The molecule has 1 aromatic heterocycles. The Balaban J connectivity index is 1.90. The fourth-order valence-electron chi connectivity index (χ4n) is 4.01. The van der Waals surface area contributed by atoms with Crippen LogP contribution in [-0.4, -0.2) is 31.3 Å². The monoisotopic (exact) mass is 400 g/mol. The van der Waals surface area contributed by atoms with E-state index in [0.29, 0.717) is 0 Å². The number of rotatable bonds is 3. The van der Waals surface area contributed by atoms with Crippen LogP contribution in [0.2, 0.25) is 5.02 Å². The van der Waals surface area contributed by atoms with Gasteiger partial charge in [-0.2, -0.15) is 0 Å². The van der Waals surface area contributed by atoms with Gasteiger partial charge in [0.25, 0.3) is 0 Å². The summed E-state index contributed by atoms with van der Waals surface area (Å²) in [6, 6.07) is 27.0. The van der Waals surface area contributed by atoms with Crippen LogP contribution in [0.25, 0.3) is 33.2 Å². The van der Waals surface area contributed by atoms with Crippen LogP contribution >= 0.6 is 11.6 Å². The number of benzene rings is 3. The van der Waals surface area contributed by atoms with Gasteiger partial charge in [0.2, 0.25) is 0 Å². The molecule has 2 heterocycles. The molecule has 1 fully saturated rings. The molecule has 1 aliphatic heterocycles. The molecule has 144 valence electrons. The first kappa shape index (κ1) is 18.2. The Hall–Kier alpha value is -2.88. The smallest absolute Gasteiger partial charge is 0.137 e. The zero-order valence-corrected chi connectivity index (χ0v) is 16.8. The van der Waals surface area contributed by atoms with Crippen LogP contribution in [0.1, 0.15) is 0 Å². The molecule has 29 heavy (non-hydrogen) atoms. The molecule has 0 aliphatic carbocycles. The largest absolute Gasteiger partial charge is 0.378 e. The minimum absolute atomic E-state index is 0.717. The Morgan fingerprint density at radius 1 is 0.759 bits per heavy atom. The van der Waals surface area contributed by atoms with Crippen molar-refractivity contribution < 1.29 is 4.74 Å². The maximum Gasteiger partial charge on any atom is 0.137 e. The van der Waals surface area contributed by atoms with Crippen LogP contribution in [0.5, 0.6) is 0 Å². The molecule has 5 rings (SSSR count). The Morgan fingerprint density at radius 3 is 2.03 bits per heavy atom. The normalized spacial score (nSPS) is 14.3. The summed E-state index contributed by atoms with van der Waals surface area (Å²) in [5.41, 5.74) is 5.59. The summed E-state index contributed by atoms with van der Waals surface area (Å²) in [4.78, 5) is 7.45. The third kappa shape index (κ3) is 3.48. The van der Waals surface area contributed by atoms with Gasteiger partial charge in [0.15, 0.2) is 0 Å². The number of morpholine rings is 1. The standard InChI is InChI=1S/C25H21ClN2O/c26-20-11-12-22-21(17-20)23(18-7-3-1-4-8-18)24(19-9-5-2-6-10-19)25(27-22)28-13-15-29-16-14-28/h1-12,17H,13-16H2. The molecular weight excluding hydrogens is 380 g/mol. The summed E-state index contributed by atoms with van der Waals surface area (Å²) < 4.78 is 5.60. The first-order valence-corrected chi connectivity index (χ1v) is 10.3. The number of pyridine rings is 1. The molecule has 0 radical (unpaired) electrons. The van der Waals surface area contributed by atoms with Crippen molar-refractivity contribution in [2.24, 2.45) is 0 Å². The van der Waals surface area contributed by atoms with Crippen LogP contribution in [0.3, 0.4) is 0 Å². The van der Waals surface area contributed by atoms with E-state index in [0.717, 1.165) is 64.7 Å². The Morgan fingerprint density at radius 2 is 1.38 bits per heavy atom. The van der Waals surface area contributed by atoms with Gasteiger partial charge in [-0.15, -0.1) is 0 Å². The first-order valence-electron chi connectivity index (χ1n) is 9.88. The molecule has 4 aromatic rings. The number of halogens is 1. The molecule has 4 heteroatoms. The number of nitrogens with zero attached hydrogens (tertiary/aromatic N) is 2. The number of hydrogen-bond donors (Lipinski definition) is 0. The minimum atomic E-state index is 0.717. The molecule has 0 saturated carbocycles. The van der Waals surface area contributed by atoms with Crippen molar-refractivity contribution >= 4 is 28.3 Å². The molecule has 0 amide bonds. The molecule has 0 bridgehead atoms. The SMILES string of the molecule is Clc1ccc2nc(N3CCOCC3)c(-c3ccccc3)c(-c3ccccc3)c2c1. The van der Waals surface area contributed by atoms with E-state index < -0.39 is 0 Å². The van der Waals surface area contributed by atoms with Crippen LogP contribution in [-0.2, 0) is 4.74 Å². The molecule has 3 aromatic carbocycles. The van der Waals surface area contributed by atoms with Crippen molar-refractivity contribution in [3.05, 3.63) is 83.9 Å². The molecule has 0 unspecified atom stereocenters. The highest BCUT2D eigenvalue weighted by atomic mass is 35.5. The average Bonchev–Trinajstić information content (AvgIpc) is 2.79. The third-order valence-electron chi connectivity index (χ3n) is 5.36. The minimum Gasteiger partial charge on any atom is -0.378 e. The topological polar surface area (TPSA) is 25.4 Å². The predicted molar refractivity (Wildman–Crippen MR) is 121 cm³/mol. The van der Waals surface area contributed by atoms with Crippen LogP contribution in [0, 0.1) is 0 Å².